The van der Waals surface area contributed by atoms with Gasteiger partial charge < -0.3 is 9.80 Å². The molecule has 1 aromatic rings. The number of quaternary nitrogens is 1. The molecule has 0 aromatic heterocycles. The van der Waals surface area contributed by atoms with Crippen LogP contribution in [-0.4, -0.2) is 68.3 Å². The number of unbranched alkanes of at least 4 members (excludes halogenated alkanes) is 2. The molecule has 3 aliphatic rings. The highest BCUT2D eigenvalue weighted by Gasteiger charge is 2.37. The van der Waals surface area contributed by atoms with E-state index in [9.17, 15) is 0 Å². The Morgan fingerprint density at radius 1 is 0.864 bits per heavy atom. The zero-order valence-corrected chi connectivity index (χ0v) is 14.0. The summed E-state index contributed by atoms with van der Waals surface area (Å²) in [6, 6.07) is 10.8. The molecule has 1 aromatic carbocycles. The van der Waals surface area contributed by atoms with Crippen LogP contribution in [0.25, 0.3) is 0 Å². The fraction of sp³-hybridized carbons (Fsp3) is 0.684. The van der Waals surface area contributed by atoms with E-state index in [1.807, 2.05) is 0 Å². The van der Waals surface area contributed by atoms with Gasteiger partial charge in [0.2, 0.25) is 0 Å². The van der Waals surface area contributed by atoms with Crippen LogP contribution in [0, 0.1) is 0 Å². The predicted octanol–water partition coefficient (Wildman–Crippen LogP) is 2.13. The van der Waals surface area contributed by atoms with Gasteiger partial charge in [0.05, 0.1) is 26.2 Å². The highest BCUT2D eigenvalue weighted by Crippen LogP contribution is 2.20. The minimum Gasteiger partial charge on any atom is -0.320 e. The van der Waals surface area contributed by atoms with Crippen molar-refractivity contribution in [1.82, 2.24) is 10.2 Å². The topological polar surface area (TPSA) is 15.3 Å². The Bertz CT molecular complexity index is 410. The van der Waals surface area contributed by atoms with Crippen LogP contribution in [-0.2, 0) is 6.42 Å². The van der Waals surface area contributed by atoms with E-state index in [0.29, 0.717) is 0 Å². The lowest BCUT2D eigenvalue weighted by Gasteiger charge is -2.50. The first-order valence-corrected chi connectivity index (χ1v) is 9.18. The Morgan fingerprint density at radius 3 is 2.32 bits per heavy atom. The summed E-state index contributed by atoms with van der Waals surface area (Å²) in [5.41, 5.74) is 1.44. The van der Waals surface area contributed by atoms with E-state index in [-0.39, 0.29) is 0 Å². The minimum atomic E-state index is 1.11. The van der Waals surface area contributed by atoms with E-state index in [1.54, 1.807) is 0 Å². The van der Waals surface area contributed by atoms with Crippen LogP contribution in [0.2, 0.25) is 0 Å². The summed E-state index contributed by atoms with van der Waals surface area (Å²) < 4.78 is 1.43. The number of fused-ring (bicyclic) bond motifs is 3. The van der Waals surface area contributed by atoms with E-state index < -0.39 is 0 Å². The smallest absolute Gasteiger partial charge is 0.0916 e. The quantitative estimate of drug-likeness (QED) is 0.555. The first-order chi connectivity index (χ1) is 10.9. The van der Waals surface area contributed by atoms with Crippen LogP contribution < -0.4 is 5.32 Å². The summed E-state index contributed by atoms with van der Waals surface area (Å²) >= 11 is 0. The molecule has 0 atom stereocenters. The standard InChI is InChI=1S/C19H32N3/c1-3-7-19(8-4-1)9-11-20-10-5-2-6-15-22-16-12-21(13-17-22)14-18-22/h1,3-4,7-8,20H,2,5-6,9-18H2/q+1. The molecule has 3 saturated heterocycles. The zero-order valence-electron chi connectivity index (χ0n) is 14.0. The van der Waals surface area contributed by atoms with Gasteiger partial charge in [-0.25, -0.2) is 0 Å². The van der Waals surface area contributed by atoms with Gasteiger partial charge in [-0.2, -0.15) is 0 Å². The maximum absolute atomic E-state index is 3.59. The molecule has 4 rings (SSSR count). The number of rotatable bonds is 9. The van der Waals surface area contributed by atoms with Crippen molar-refractivity contribution in [3.8, 4) is 0 Å². The van der Waals surface area contributed by atoms with Crippen molar-refractivity contribution >= 4 is 0 Å². The van der Waals surface area contributed by atoms with Crippen molar-refractivity contribution in [3.05, 3.63) is 35.9 Å². The monoisotopic (exact) mass is 302 g/mol. The molecular formula is C19H32N3+. The molecule has 3 fully saturated rings. The van der Waals surface area contributed by atoms with Crippen molar-refractivity contribution in [1.29, 1.82) is 0 Å². The minimum absolute atomic E-state index is 1.11. The number of piperazine rings is 3. The van der Waals surface area contributed by atoms with Gasteiger partial charge in [0.1, 0.15) is 0 Å². The van der Waals surface area contributed by atoms with Gasteiger partial charge in [-0.3, -0.25) is 4.90 Å². The summed E-state index contributed by atoms with van der Waals surface area (Å²) in [4.78, 5) is 2.64. The number of hydrogen-bond donors (Lipinski definition) is 1. The van der Waals surface area contributed by atoms with Gasteiger partial charge in [0.15, 0.2) is 0 Å². The summed E-state index contributed by atoms with van der Waals surface area (Å²) in [5.74, 6) is 0. The molecule has 3 nitrogen and oxygen atoms in total. The van der Waals surface area contributed by atoms with E-state index in [1.165, 1.54) is 81.7 Å². The largest absolute Gasteiger partial charge is 0.320 e. The van der Waals surface area contributed by atoms with Crippen LogP contribution >= 0.6 is 0 Å². The van der Waals surface area contributed by atoms with Crippen molar-refractivity contribution in [2.75, 3.05) is 58.9 Å². The summed E-state index contributed by atoms with van der Waals surface area (Å²) in [6.45, 7) is 12.0. The number of nitrogens with zero attached hydrogens (tertiary/aromatic N) is 2. The third-order valence-electron chi connectivity index (χ3n) is 5.59. The predicted molar refractivity (Wildman–Crippen MR) is 93.0 cm³/mol. The SMILES string of the molecule is c1ccc(CCNCCCCC[N+]23CCN(CC2)CC3)cc1. The van der Waals surface area contributed by atoms with Crippen LogP contribution in [0.5, 0.6) is 0 Å². The molecule has 1 N–H and O–H groups in total. The molecular weight excluding hydrogens is 270 g/mol. The highest BCUT2D eigenvalue weighted by atomic mass is 15.4. The van der Waals surface area contributed by atoms with E-state index in [0.717, 1.165) is 13.0 Å². The van der Waals surface area contributed by atoms with Crippen molar-refractivity contribution in [3.63, 3.8) is 0 Å². The van der Waals surface area contributed by atoms with Crippen LogP contribution in [0.3, 0.4) is 0 Å². The van der Waals surface area contributed by atoms with E-state index >= 15 is 0 Å². The Morgan fingerprint density at radius 2 is 1.59 bits per heavy atom. The summed E-state index contributed by atoms with van der Waals surface area (Å²) in [6.07, 6.45) is 5.29. The maximum Gasteiger partial charge on any atom is 0.0916 e. The van der Waals surface area contributed by atoms with Gasteiger partial charge in [-0.1, -0.05) is 30.3 Å². The highest BCUT2D eigenvalue weighted by molar-refractivity contribution is 5.14. The lowest BCUT2D eigenvalue weighted by molar-refractivity contribution is -0.941. The Labute approximate surface area is 135 Å². The zero-order chi connectivity index (χ0) is 15.1. The summed E-state index contributed by atoms with van der Waals surface area (Å²) in [5, 5.41) is 3.59. The number of nitrogens with one attached hydrogen (secondary N) is 1. The average molecular weight is 302 g/mol. The molecule has 22 heavy (non-hydrogen) atoms. The number of benzene rings is 1. The van der Waals surface area contributed by atoms with Gasteiger partial charge >= 0.3 is 0 Å². The molecule has 0 radical (unpaired) electrons. The molecule has 2 bridgehead atoms. The molecule has 0 saturated carbocycles. The molecule has 0 amide bonds. The lowest BCUT2D eigenvalue weighted by atomic mass is 10.1. The third kappa shape index (κ3) is 4.55. The molecule has 3 aliphatic heterocycles. The van der Waals surface area contributed by atoms with Gasteiger partial charge in [0, 0.05) is 19.6 Å². The Hall–Kier alpha value is -0.900. The molecule has 0 aliphatic carbocycles. The lowest BCUT2D eigenvalue weighted by Crippen LogP contribution is -2.67. The molecule has 0 spiro atoms. The Balaban J connectivity index is 1.20. The van der Waals surface area contributed by atoms with Crippen molar-refractivity contribution < 1.29 is 4.48 Å². The van der Waals surface area contributed by atoms with Crippen LogP contribution in [0.15, 0.2) is 30.3 Å². The average Bonchev–Trinajstić information content (AvgIpc) is 2.60. The first kappa shape index (κ1) is 16.0. The molecule has 3 heterocycles. The first-order valence-electron chi connectivity index (χ1n) is 9.18. The summed E-state index contributed by atoms with van der Waals surface area (Å²) in [7, 11) is 0. The third-order valence-corrected chi connectivity index (χ3v) is 5.59. The fourth-order valence-electron chi connectivity index (χ4n) is 3.94. The molecule has 122 valence electrons. The molecule has 3 heteroatoms. The second-order valence-corrected chi connectivity index (χ2v) is 7.12. The maximum atomic E-state index is 3.59. The van der Waals surface area contributed by atoms with Gasteiger partial charge in [-0.05, 0) is 44.3 Å². The fourth-order valence-corrected chi connectivity index (χ4v) is 3.94. The Kier molecular flexibility index (Phi) is 5.88. The molecule has 0 unspecified atom stereocenters. The van der Waals surface area contributed by atoms with Crippen LogP contribution in [0.4, 0.5) is 0 Å². The normalized spacial score (nSPS) is 27.2. The van der Waals surface area contributed by atoms with Crippen LogP contribution in [0.1, 0.15) is 24.8 Å². The number of hydrogen-bond acceptors (Lipinski definition) is 2. The van der Waals surface area contributed by atoms with Gasteiger partial charge in [-0.15, -0.1) is 0 Å². The van der Waals surface area contributed by atoms with E-state index in [2.05, 4.69) is 40.5 Å². The van der Waals surface area contributed by atoms with Crippen molar-refractivity contribution in [2.24, 2.45) is 0 Å². The second kappa shape index (κ2) is 8.09. The second-order valence-electron chi connectivity index (χ2n) is 7.12. The van der Waals surface area contributed by atoms with Crippen molar-refractivity contribution in [2.45, 2.75) is 25.7 Å². The van der Waals surface area contributed by atoms with Gasteiger partial charge in [0.25, 0.3) is 0 Å². The van der Waals surface area contributed by atoms with E-state index in [4.69, 9.17) is 0 Å².